The van der Waals surface area contributed by atoms with E-state index in [0.717, 1.165) is 29.8 Å². The number of rotatable bonds is 5. The lowest BCUT2D eigenvalue weighted by Gasteiger charge is -2.41. The van der Waals surface area contributed by atoms with Crippen LogP contribution in [0.25, 0.3) is 5.57 Å². The summed E-state index contributed by atoms with van der Waals surface area (Å²) in [6.07, 6.45) is 3.72. The van der Waals surface area contributed by atoms with Gasteiger partial charge in [-0.3, -0.25) is 0 Å². The number of aliphatic hydroxyl groups is 1. The second-order valence-electron chi connectivity index (χ2n) is 10.7. The van der Waals surface area contributed by atoms with E-state index >= 15 is 0 Å². The average molecular weight is 455 g/mol. The molecule has 2 aliphatic heterocycles. The van der Waals surface area contributed by atoms with Gasteiger partial charge in [0, 0.05) is 37.9 Å². The zero-order valence-electron chi connectivity index (χ0n) is 20.6. The molecule has 1 aromatic carbocycles. The third kappa shape index (κ3) is 4.67. The number of benzene rings is 1. The molecule has 4 rings (SSSR count). The highest BCUT2D eigenvalue weighted by atomic mass is 16.5. The van der Waals surface area contributed by atoms with Crippen LogP contribution in [0, 0.1) is 5.92 Å². The van der Waals surface area contributed by atoms with Crippen molar-refractivity contribution in [3.8, 4) is 0 Å². The molecule has 180 valence electrons. The van der Waals surface area contributed by atoms with E-state index in [9.17, 15) is 9.90 Å². The Bertz CT molecular complexity index is 939. The predicted octanol–water partition coefficient (Wildman–Crippen LogP) is 3.27. The summed E-state index contributed by atoms with van der Waals surface area (Å²) in [6.45, 7) is 12.9. The molecule has 2 heterocycles. The van der Waals surface area contributed by atoms with E-state index in [-0.39, 0.29) is 17.7 Å². The second-order valence-corrected chi connectivity index (χ2v) is 10.7. The SMILES string of the molecule is C=C(c1ccccc1N1CN(C)C(=O)N(C)C1)C1(O)CC2CC1NC/C2=C/COC(C)(C)C. The van der Waals surface area contributed by atoms with Gasteiger partial charge in [0.05, 0.1) is 25.5 Å². The number of piperidine rings is 1. The number of carbonyl (C=O) groups excluding carboxylic acids is 1. The molecule has 2 saturated heterocycles. The van der Waals surface area contributed by atoms with Crippen LogP contribution >= 0.6 is 0 Å². The number of hydrogen-bond acceptors (Lipinski definition) is 5. The summed E-state index contributed by atoms with van der Waals surface area (Å²) in [5, 5.41) is 15.5. The molecule has 2 bridgehead atoms. The highest BCUT2D eigenvalue weighted by molar-refractivity contribution is 5.82. The molecule has 1 aromatic rings. The summed E-state index contributed by atoms with van der Waals surface area (Å²) in [5.41, 5.74) is 2.78. The van der Waals surface area contributed by atoms with E-state index < -0.39 is 5.60 Å². The Morgan fingerprint density at radius 2 is 1.94 bits per heavy atom. The molecule has 7 nitrogen and oxygen atoms in total. The van der Waals surface area contributed by atoms with Crippen molar-refractivity contribution in [3.05, 3.63) is 48.1 Å². The maximum Gasteiger partial charge on any atom is 0.322 e. The third-order valence-corrected chi connectivity index (χ3v) is 7.10. The largest absolute Gasteiger partial charge is 0.384 e. The molecule has 0 spiro atoms. The fourth-order valence-electron chi connectivity index (χ4n) is 5.33. The lowest BCUT2D eigenvalue weighted by Crippen LogP contribution is -2.55. The van der Waals surface area contributed by atoms with Crippen molar-refractivity contribution < 1.29 is 14.6 Å². The van der Waals surface area contributed by atoms with Crippen molar-refractivity contribution in [3.63, 3.8) is 0 Å². The maximum absolute atomic E-state index is 12.2. The predicted molar refractivity (Wildman–Crippen MR) is 132 cm³/mol. The highest BCUT2D eigenvalue weighted by Crippen LogP contribution is 2.49. The molecule has 3 atom stereocenters. The van der Waals surface area contributed by atoms with Gasteiger partial charge in [0.15, 0.2) is 0 Å². The van der Waals surface area contributed by atoms with Crippen LogP contribution < -0.4 is 10.2 Å². The van der Waals surface area contributed by atoms with Crippen LogP contribution in [0.2, 0.25) is 0 Å². The Morgan fingerprint density at radius 1 is 1.27 bits per heavy atom. The van der Waals surface area contributed by atoms with Crippen molar-refractivity contribution in [1.82, 2.24) is 15.1 Å². The van der Waals surface area contributed by atoms with Gasteiger partial charge in [0.25, 0.3) is 0 Å². The van der Waals surface area contributed by atoms with Crippen LogP contribution in [-0.4, -0.2) is 78.8 Å². The Labute approximate surface area is 197 Å². The van der Waals surface area contributed by atoms with Crippen LogP contribution in [-0.2, 0) is 4.74 Å². The maximum atomic E-state index is 12.2. The van der Waals surface area contributed by atoms with Crippen LogP contribution in [0.5, 0.6) is 0 Å². The van der Waals surface area contributed by atoms with Gasteiger partial charge in [-0.1, -0.05) is 36.4 Å². The quantitative estimate of drug-likeness (QED) is 0.669. The van der Waals surface area contributed by atoms with Crippen LogP contribution in [0.4, 0.5) is 10.5 Å². The normalized spacial score (nSPS) is 29.2. The molecular weight excluding hydrogens is 416 g/mol. The molecule has 33 heavy (non-hydrogen) atoms. The monoisotopic (exact) mass is 454 g/mol. The first-order valence-electron chi connectivity index (χ1n) is 11.8. The molecule has 0 aromatic heterocycles. The van der Waals surface area contributed by atoms with E-state index in [0.29, 0.717) is 32.3 Å². The number of urea groups is 1. The summed E-state index contributed by atoms with van der Waals surface area (Å²) in [7, 11) is 3.61. The van der Waals surface area contributed by atoms with Crippen molar-refractivity contribution in [2.75, 3.05) is 45.5 Å². The van der Waals surface area contributed by atoms with Gasteiger partial charge >= 0.3 is 6.03 Å². The second kappa shape index (κ2) is 8.78. The van der Waals surface area contributed by atoms with E-state index in [1.54, 1.807) is 23.9 Å². The molecule has 3 aliphatic rings. The highest BCUT2D eigenvalue weighted by Gasteiger charge is 2.51. The molecular formula is C26H38N4O3. The first-order chi connectivity index (χ1) is 15.5. The van der Waals surface area contributed by atoms with Crippen molar-refractivity contribution >= 4 is 17.3 Å². The number of carbonyl (C=O) groups is 1. The summed E-state index contributed by atoms with van der Waals surface area (Å²) in [5.74, 6) is 0.318. The van der Waals surface area contributed by atoms with Gasteiger partial charge in [-0.15, -0.1) is 0 Å². The third-order valence-electron chi connectivity index (χ3n) is 7.10. The van der Waals surface area contributed by atoms with Gasteiger partial charge in [-0.25, -0.2) is 4.79 Å². The van der Waals surface area contributed by atoms with E-state index in [2.05, 4.69) is 43.6 Å². The standard InChI is InChI=1S/C26H38N4O3/c1-18(21-9-7-8-10-22(21)30-16-28(5)24(31)29(6)17-30)26(32)14-20-13-23(26)27-15-19(20)11-12-33-25(2,3)4/h7-11,20,23,27,32H,1,12-17H2,2-6H3/b19-11-. The molecule has 7 heteroatoms. The Hall–Kier alpha value is -2.35. The summed E-state index contributed by atoms with van der Waals surface area (Å²) in [4.78, 5) is 17.7. The Morgan fingerprint density at radius 3 is 2.61 bits per heavy atom. The average Bonchev–Trinajstić information content (AvgIpc) is 3.03. The number of anilines is 1. The topological polar surface area (TPSA) is 68.3 Å². The molecule has 1 saturated carbocycles. The number of nitrogens with one attached hydrogen (secondary N) is 1. The summed E-state index contributed by atoms with van der Waals surface area (Å²) >= 11 is 0. The number of nitrogens with zero attached hydrogens (tertiary/aromatic N) is 3. The Kier molecular flexibility index (Phi) is 6.33. The summed E-state index contributed by atoms with van der Waals surface area (Å²) < 4.78 is 5.89. The van der Waals surface area contributed by atoms with E-state index in [1.165, 1.54) is 5.57 Å². The number of hydrogen-bond donors (Lipinski definition) is 2. The minimum Gasteiger partial charge on any atom is -0.384 e. The zero-order chi connectivity index (χ0) is 24.0. The lowest BCUT2D eigenvalue weighted by atomic mass is 9.84. The summed E-state index contributed by atoms with van der Waals surface area (Å²) in [6, 6.07) is 8.03. The molecule has 3 unspecified atom stereocenters. The van der Waals surface area contributed by atoms with E-state index in [1.807, 2.05) is 24.3 Å². The zero-order valence-corrected chi connectivity index (χ0v) is 20.6. The van der Waals surface area contributed by atoms with Crippen molar-refractivity contribution in [1.29, 1.82) is 0 Å². The molecule has 1 aliphatic carbocycles. The minimum absolute atomic E-state index is 0.00438. The van der Waals surface area contributed by atoms with Crippen LogP contribution in [0.3, 0.4) is 0 Å². The van der Waals surface area contributed by atoms with Crippen LogP contribution in [0.15, 0.2) is 42.5 Å². The van der Waals surface area contributed by atoms with Crippen molar-refractivity contribution in [2.24, 2.45) is 5.92 Å². The van der Waals surface area contributed by atoms with Gasteiger partial charge in [-0.05, 0) is 51.2 Å². The molecule has 2 amide bonds. The lowest BCUT2D eigenvalue weighted by molar-refractivity contribution is 0.0145. The van der Waals surface area contributed by atoms with E-state index in [4.69, 9.17) is 4.74 Å². The number of fused-ring (bicyclic) bond motifs is 2. The minimum atomic E-state index is -1.02. The number of para-hydroxylation sites is 1. The van der Waals surface area contributed by atoms with Gasteiger partial charge in [-0.2, -0.15) is 0 Å². The number of amides is 2. The smallest absolute Gasteiger partial charge is 0.322 e. The molecule has 0 radical (unpaired) electrons. The molecule has 3 fully saturated rings. The number of ether oxygens (including phenoxy) is 1. The molecule has 2 N–H and O–H groups in total. The van der Waals surface area contributed by atoms with Gasteiger partial charge in [0.2, 0.25) is 0 Å². The Balaban J connectivity index is 1.55. The first-order valence-corrected chi connectivity index (χ1v) is 11.8. The first kappa shape index (κ1) is 23.8. The van der Waals surface area contributed by atoms with Gasteiger partial charge in [0.1, 0.15) is 5.60 Å². The fourth-order valence-corrected chi connectivity index (χ4v) is 5.33. The van der Waals surface area contributed by atoms with Crippen LogP contribution in [0.1, 0.15) is 39.2 Å². The van der Waals surface area contributed by atoms with Gasteiger partial charge < -0.3 is 29.9 Å². The van der Waals surface area contributed by atoms with Crippen molar-refractivity contribution in [2.45, 2.75) is 50.9 Å². The fraction of sp³-hybridized carbons (Fsp3) is 0.577.